The third kappa shape index (κ3) is 8.60. The van der Waals surface area contributed by atoms with E-state index in [1.54, 1.807) is 24.3 Å². The van der Waals surface area contributed by atoms with Crippen LogP contribution in [0.1, 0.15) is 76.4 Å². The molecule has 0 bridgehead atoms. The number of piperidine rings is 2. The molecule has 4 heterocycles. The Hall–Kier alpha value is -5.60. The van der Waals surface area contributed by atoms with Gasteiger partial charge < -0.3 is 19.7 Å². The molecule has 1 unspecified atom stereocenters. The van der Waals surface area contributed by atoms with Crippen molar-refractivity contribution in [3.8, 4) is 5.75 Å². The molecule has 0 radical (unpaired) electrons. The molecular formula is C46H50BN5O7. The number of carbonyl (C=O) groups is 4. The van der Waals surface area contributed by atoms with Gasteiger partial charge in [0.05, 0.1) is 11.1 Å². The highest BCUT2D eigenvalue weighted by molar-refractivity contribution is 6.58. The van der Waals surface area contributed by atoms with Crippen LogP contribution >= 0.6 is 0 Å². The maximum Gasteiger partial charge on any atom is 0.488 e. The summed E-state index contributed by atoms with van der Waals surface area (Å²) < 4.78 is 6.24. The van der Waals surface area contributed by atoms with Gasteiger partial charge in [0.15, 0.2) is 0 Å². The van der Waals surface area contributed by atoms with E-state index < -0.39 is 30.9 Å². The van der Waals surface area contributed by atoms with Gasteiger partial charge in [-0.15, -0.1) is 0 Å². The normalized spacial score (nSPS) is 19.7. The summed E-state index contributed by atoms with van der Waals surface area (Å²) in [4.78, 5) is 58.9. The quantitative estimate of drug-likeness (QED) is 0.110. The van der Waals surface area contributed by atoms with Crippen LogP contribution < -0.4 is 20.4 Å². The molecule has 4 amide bonds. The number of allylic oxidation sites excluding steroid dienone is 1. The van der Waals surface area contributed by atoms with Gasteiger partial charge in [0.1, 0.15) is 18.4 Å². The highest BCUT2D eigenvalue weighted by Crippen LogP contribution is 2.35. The number of rotatable bonds is 12. The molecule has 3 fully saturated rings. The summed E-state index contributed by atoms with van der Waals surface area (Å²) in [5.41, 5.74) is 7.49. The molecule has 0 aliphatic carbocycles. The van der Waals surface area contributed by atoms with Crippen LogP contribution in [-0.4, -0.2) is 120 Å². The minimum absolute atomic E-state index is 0.0949. The maximum atomic E-state index is 13.4. The molecule has 13 heteroatoms. The summed E-state index contributed by atoms with van der Waals surface area (Å²) in [5.74, 6) is -1.13. The molecule has 4 aromatic rings. The number of hydrogen-bond acceptors (Lipinski definition) is 10. The minimum Gasteiger partial charge on any atom is -0.492 e. The Bertz CT molecular complexity index is 2210. The summed E-state index contributed by atoms with van der Waals surface area (Å²) in [6.07, 6.45) is 3.25. The van der Waals surface area contributed by atoms with Gasteiger partial charge in [0, 0.05) is 50.9 Å². The Morgan fingerprint density at radius 3 is 2.05 bits per heavy atom. The zero-order valence-corrected chi connectivity index (χ0v) is 33.4. The van der Waals surface area contributed by atoms with E-state index in [-0.39, 0.29) is 18.7 Å². The highest BCUT2D eigenvalue weighted by Gasteiger charge is 2.45. The molecule has 4 aromatic carbocycles. The van der Waals surface area contributed by atoms with Crippen LogP contribution in [0.2, 0.25) is 0 Å². The van der Waals surface area contributed by atoms with Crippen LogP contribution in [-0.2, 0) is 9.59 Å². The average molecular weight is 796 g/mol. The van der Waals surface area contributed by atoms with Gasteiger partial charge in [-0.3, -0.25) is 39.2 Å². The summed E-state index contributed by atoms with van der Waals surface area (Å²) in [7, 11) is -1.51. The molecule has 4 aliphatic heterocycles. The van der Waals surface area contributed by atoms with Crippen molar-refractivity contribution in [2.45, 2.75) is 51.1 Å². The summed E-state index contributed by atoms with van der Waals surface area (Å²) in [6.45, 7) is 9.08. The van der Waals surface area contributed by atoms with E-state index in [0.29, 0.717) is 29.2 Å². The third-order valence-corrected chi connectivity index (χ3v) is 12.3. The van der Waals surface area contributed by atoms with Crippen LogP contribution in [0.5, 0.6) is 5.75 Å². The van der Waals surface area contributed by atoms with Gasteiger partial charge in [-0.2, -0.15) is 0 Å². The molecule has 0 spiro atoms. The largest absolute Gasteiger partial charge is 0.492 e. The molecule has 0 aromatic heterocycles. The zero-order valence-electron chi connectivity index (χ0n) is 33.4. The Labute approximate surface area is 345 Å². The number of likely N-dealkylation sites (tertiary alicyclic amines) is 1. The number of carbonyl (C=O) groups excluding carboxylic acids is 4. The molecule has 12 nitrogen and oxygen atoms in total. The van der Waals surface area contributed by atoms with Crippen molar-refractivity contribution in [3.63, 3.8) is 0 Å². The molecule has 3 N–H and O–H groups in total. The smallest absolute Gasteiger partial charge is 0.488 e. The predicted octanol–water partition coefficient (Wildman–Crippen LogP) is 3.80. The first kappa shape index (κ1) is 40.2. The van der Waals surface area contributed by atoms with Crippen molar-refractivity contribution in [3.05, 3.63) is 125 Å². The van der Waals surface area contributed by atoms with Gasteiger partial charge in [-0.1, -0.05) is 73.7 Å². The van der Waals surface area contributed by atoms with Gasteiger partial charge in [-0.25, -0.2) is 0 Å². The fourth-order valence-corrected chi connectivity index (χ4v) is 9.02. The topological polar surface area (TPSA) is 143 Å². The Morgan fingerprint density at radius 2 is 1.41 bits per heavy atom. The molecule has 59 heavy (non-hydrogen) atoms. The lowest BCUT2D eigenvalue weighted by molar-refractivity contribution is -0.136. The number of imide groups is 2. The number of nitrogens with zero attached hydrogens (tertiary/aromatic N) is 4. The second kappa shape index (κ2) is 17.7. The van der Waals surface area contributed by atoms with Crippen molar-refractivity contribution in [2.24, 2.45) is 0 Å². The average Bonchev–Trinajstić information content (AvgIpc) is 3.51. The molecule has 4 aliphatic rings. The second-order valence-electron chi connectivity index (χ2n) is 15.7. The van der Waals surface area contributed by atoms with Crippen LogP contribution in [0.25, 0.3) is 11.1 Å². The van der Waals surface area contributed by atoms with Crippen molar-refractivity contribution in [1.29, 1.82) is 0 Å². The van der Waals surface area contributed by atoms with Crippen molar-refractivity contribution in [2.75, 3.05) is 57.3 Å². The van der Waals surface area contributed by atoms with Gasteiger partial charge in [0.2, 0.25) is 11.8 Å². The number of benzene rings is 4. The summed E-state index contributed by atoms with van der Waals surface area (Å²) in [6, 6.07) is 30.9. The standard InChI is InChI=1S/C46H50BN5O7/c1-2-38(31-6-4-3-5-7-31)43(32-8-12-34(13-9-32)47(57)58)33-10-15-37(16-11-33)59-29-28-49-22-20-35(21-23-49)50-24-26-51(27-25-50)36-14-17-39-40(30-36)46(56)52(45(39)55)41-18-19-42(53)48-44(41)54/h3-17,30,35,41,57-58H,2,18-29H2,1H3,(H,48,53,54)/b43-38-. The third-order valence-electron chi connectivity index (χ3n) is 12.3. The zero-order chi connectivity index (χ0) is 41.0. The first-order valence-electron chi connectivity index (χ1n) is 20.7. The number of fused-ring (bicyclic) bond motifs is 1. The van der Waals surface area contributed by atoms with Crippen molar-refractivity contribution >= 4 is 53.0 Å². The highest BCUT2D eigenvalue weighted by atomic mass is 16.5. The second-order valence-corrected chi connectivity index (χ2v) is 15.7. The number of anilines is 1. The van der Waals surface area contributed by atoms with E-state index in [0.717, 1.165) is 104 Å². The molecule has 304 valence electrons. The summed E-state index contributed by atoms with van der Waals surface area (Å²) >= 11 is 0. The molecular weight excluding hydrogens is 745 g/mol. The van der Waals surface area contributed by atoms with Gasteiger partial charge >= 0.3 is 7.12 Å². The van der Waals surface area contributed by atoms with Crippen LogP contribution in [0.15, 0.2) is 97.1 Å². The van der Waals surface area contributed by atoms with Crippen molar-refractivity contribution < 1.29 is 34.0 Å². The molecule has 0 saturated carbocycles. The lowest BCUT2D eigenvalue weighted by Gasteiger charge is -2.43. The SMILES string of the molecule is CC/C(=C(/c1ccc(OCCN2CCC(N3CCN(c4ccc5c(c4)C(=O)N(C4CCC(=O)NC4=O)C5=O)CC3)CC2)cc1)c1ccc(B(O)O)cc1)c1ccccc1. The lowest BCUT2D eigenvalue weighted by atomic mass is 9.79. The first-order chi connectivity index (χ1) is 28.7. The first-order valence-corrected chi connectivity index (χ1v) is 20.7. The number of nitrogens with one attached hydrogen (secondary N) is 1. The van der Waals surface area contributed by atoms with Gasteiger partial charge in [0.25, 0.3) is 11.8 Å². The number of amides is 4. The monoisotopic (exact) mass is 795 g/mol. The van der Waals surface area contributed by atoms with Crippen LogP contribution in [0.3, 0.4) is 0 Å². The minimum atomic E-state index is -1.51. The van der Waals surface area contributed by atoms with E-state index in [4.69, 9.17) is 4.74 Å². The summed E-state index contributed by atoms with van der Waals surface area (Å²) in [5, 5.41) is 21.6. The van der Waals surface area contributed by atoms with Crippen LogP contribution in [0.4, 0.5) is 5.69 Å². The van der Waals surface area contributed by atoms with E-state index in [2.05, 4.69) is 51.2 Å². The molecule has 8 rings (SSSR count). The Kier molecular flexibility index (Phi) is 12.1. The van der Waals surface area contributed by atoms with E-state index in [1.807, 2.05) is 48.5 Å². The maximum absolute atomic E-state index is 13.4. The van der Waals surface area contributed by atoms with E-state index >= 15 is 0 Å². The van der Waals surface area contributed by atoms with E-state index in [1.165, 1.54) is 5.57 Å². The number of hydrogen-bond donors (Lipinski definition) is 3. The van der Waals surface area contributed by atoms with Crippen LogP contribution in [0, 0.1) is 0 Å². The van der Waals surface area contributed by atoms with E-state index in [9.17, 15) is 29.2 Å². The lowest BCUT2D eigenvalue weighted by Crippen LogP contribution is -2.54. The Balaban J connectivity index is 0.815. The molecule has 3 saturated heterocycles. The molecule has 1 atom stereocenters. The fourth-order valence-electron chi connectivity index (χ4n) is 9.02. The predicted molar refractivity (Wildman–Crippen MR) is 227 cm³/mol. The number of ether oxygens (including phenoxy) is 1. The van der Waals surface area contributed by atoms with Gasteiger partial charge in [-0.05, 0) is 102 Å². The number of piperazine rings is 1. The fraction of sp³-hybridized carbons (Fsp3) is 0.348. The Morgan fingerprint density at radius 1 is 0.746 bits per heavy atom. The van der Waals surface area contributed by atoms with Crippen molar-refractivity contribution in [1.82, 2.24) is 20.0 Å².